The second-order valence-corrected chi connectivity index (χ2v) is 6.51. The van der Waals surface area contributed by atoms with Gasteiger partial charge in [0.2, 0.25) is 0 Å². The predicted octanol–water partition coefficient (Wildman–Crippen LogP) is 4.88. The highest BCUT2D eigenvalue weighted by Gasteiger charge is 2.14. The summed E-state index contributed by atoms with van der Waals surface area (Å²) < 4.78 is 15.5. The van der Waals surface area contributed by atoms with Gasteiger partial charge in [-0.25, -0.2) is 0 Å². The molecular formula is C21H32O5. The minimum Gasteiger partial charge on any atom is -0.493 e. The minimum atomic E-state index is -0.209. The average molecular weight is 364 g/mol. The summed E-state index contributed by atoms with van der Waals surface area (Å²) in [4.78, 5) is 23.1. The molecule has 0 bridgehead atoms. The van der Waals surface area contributed by atoms with Crippen molar-refractivity contribution in [1.82, 2.24) is 0 Å². The highest BCUT2D eigenvalue weighted by molar-refractivity contribution is 5.98. The Labute approximate surface area is 157 Å². The molecule has 0 aliphatic rings. The van der Waals surface area contributed by atoms with Crippen LogP contribution in [0.25, 0.3) is 0 Å². The van der Waals surface area contributed by atoms with Crippen molar-refractivity contribution in [3.05, 3.63) is 23.3 Å². The molecule has 0 radical (unpaired) electrons. The van der Waals surface area contributed by atoms with E-state index >= 15 is 0 Å². The number of benzene rings is 1. The van der Waals surface area contributed by atoms with Gasteiger partial charge in [-0.15, -0.1) is 0 Å². The molecule has 1 aromatic carbocycles. The van der Waals surface area contributed by atoms with Gasteiger partial charge >= 0.3 is 5.97 Å². The third kappa shape index (κ3) is 7.89. The van der Waals surface area contributed by atoms with Crippen LogP contribution in [0, 0.1) is 6.92 Å². The van der Waals surface area contributed by atoms with Crippen LogP contribution in [0.15, 0.2) is 12.1 Å². The lowest BCUT2D eigenvalue weighted by molar-refractivity contribution is -0.141. The Balaban J connectivity index is 2.24. The standard InChI is InChI=1S/C21H32O5/c1-16-14-20(24-3)21(25-4)15-18(16)19(23)12-10-8-6-5-7-9-11-13-26-17(2)22/h14-15H,5-13H2,1-4H3. The molecule has 1 rings (SSSR count). The van der Waals surface area contributed by atoms with Gasteiger partial charge in [-0.3, -0.25) is 9.59 Å². The molecular weight excluding hydrogens is 332 g/mol. The van der Waals surface area contributed by atoms with Crippen LogP contribution in [-0.4, -0.2) is 32.6 Å². The fourth-order valence-electron chi connectivity index (χ4n) is 2.90. The largest absolute Gasteiger partial charge is 0.493 e. The number of carbonyl (C=O) groups excluding carboxylic acids is 2. The van der Waals surface area contributed by atoms with Crippen molar-refractivity contribution in [2.45, 2.75) is 65.2 Å². The second kappa shape index (κ2) is 12.3. The fraction of sp³-hybridized carbons (Fsp3) is 0.619. The van der Waals surface area contributed by atoms with Crippen LogP contribution in [0.1, 0.15) is 74.2 Å². The molecule has 0 aliphatic heterocycles. The maximum atomic E-state index is 12.5. The molecule has 0 unspecified atom stereocenters. The number of Topliss-reactive ketones (excluding diaryl/α,β-unsaturated/α-hetero) is 1. The van der Waals surface area contributed by atoms with Crippen molar-refractivity contribution in [3.63, 3.8) is 0 Å². The van der Waals surface area contributed by atoms with E-state index in [1.165, 1.54) is 6.92 Å². The Hall–Kier alpha value is -2.04. The van der Waals surface area contributed by atoms with Crippen LogP contribution in [-0.2, 0) is 9.53 Å². The molecule has 0 aromatic heterocycles. The summed E-state index contributed by atoms with van der Waals surface area (Å²) in [6.45, 7) is 3.88. The number of methoxy groups -OCH3 is 2. The summed E-state index contributed by atoms with van der Waals surface area (Å²) in [5.41, 5.74) is 1.63. The van der Waals surface area contributed by atoms with Gasteiger partial charge in [0, 0.05) is 18.9 Å². The van der Waals surface area contributed by atoms with E-state index in [2.05, 4.69) is 0 Å². The van der Waals surface area contributed by atoms with Crippen molar-refractivity contribution in [3.8, 4) is 11.5 Å². The zero-order chi connectivity index (χ0) is 19.4. The van der Waals surface area contributed by atoms with Gasteiger partial charge in [-0.05, 0) is 37.5 Å². The van der Waals surface area contributed by atoms with Crippen LogP contribution in [0.3, 0.4) is 0 Å². The Kier molecular flexibility index (Phi) is 10.4. The zero-order valence-corrected chi connectivity index (χ0v) is 16.6. The molecule has 0 N–H and O–H groups in total. The van der Waals surface area contributed by atoms with Crippen molar-refractivity contribution < 1.29 is 23.8 Å². The molecule has 5 heteroatoms. The lowest BCUT2D eigenvalue weighted by atomic mass is 9.99. The van der Waals surface area contributed by atoms with E-state index in [-0.39, 0.29) is 11.8 Å². The molecule has 146 valence electrons. The molecule has 0 atom stereocenters. The van der Waals surface area contributed by atoms with Crippen molar-refractivity contribution in [2.24, 2.45) is 0 Å². The first-order valence-electron chi connectivity index (χ1n) is 9.38. The first-order chi connectivity index (χ1) is 12.5. The first kappa shape index (κ1) is 22.0. The van der Waals surface area contributed by atoms with E-state index in [0.717, 1.165) is 50.5 Å². The van der Waals surface area contributed by atoms with Gasteiger partial charge in [0.05, 0.1) is 20.8 Å². The van der Waals surface area contributed by atoms with Gasteiger partial charge in [-0.2, -0.15) is 0 Å². The SMILES string of the molecule is COc1cc(C)c(C(=O)CCCCCCCCCOC(C)=O)cc1OC. The number of rotatable bonds is 13. The van der Waals surface area contributed by atoms with E-state index in [1.54, 1.807) is 20.3 Å². The summed E-state index contributed by atoms with van der Waals surface area (Å²) in [5.74, 6) is 1.19. The van der Waals surface area contributed by atoms with Gasteiger partial charge in [0.25, 0.3) is 0 Å². The summed E-state index contributed by atoms with van der Waals surface area (Å²) in [7, 11) is 3.17. The molecule has 1 aromatic rings. The average Bonchev–Trinajstić information content (AvgIpc) is 2.62. The molecule has 0 amide bonds. The normalized spacial score (nSPS) is 10.5. The zero-order valence-electron chi connectivity index (χ0n) is 16.6. The molecule has 5 nitrogen and oxygen atoms in total. The maximum absolute atomic E-state index is 12.5. The lowest BCUT2D eigenvalue weighted by Crippen LogP contribution is -2.03. The van der Waals surface area contributed by atoms with Gasteiger partial charge in [-0.1, -0.05) is 32.1 Å². The number of hydrogen-bond donors (Lipinski definition) is 0. The van der Waals surface area contributed by atoms with Gasteiger partial charge < -0.3 is 14.2 Å². The number of hydrogen-bond acceptors (Lipinski definition) is 5. The highest BCUT2D eigenvalue weighted by Crippen LogP contribution is 2.31. The maximum Gasteiger partial charge on any atom is 0.302 e. The third-order valence-corrected chi connectivity index (χ3v) is 4.38. The quantitative estimate of drug-likeness (QED) is 0.284. The van der Waals surface area contributed by atoms with Crippen LogP contribution in [0.2, 0.25) is 0 Å². The summed E-state index contributed by atoms with van der Waals surface area (Å²) in [6, 6.07) is 3.63. The number of ether oxygens (including phenoxy) is 3. The molecule has 26 heavy (non-hydrogen) atoms. The Bertz CT molecular complexity index is 580. The first-order valence-corrected chi connectivity index (χ1v) is 9.38. The van der Waals surface area contributed by atoms with Crippen LogP contribution < -0.4 is 9.47 Å². The number of esters is 1. The van der Waals surface area contributed by atoms with Gasteiger partial charge in [0.1, 0.15) is 0 Å². The smallest absolute Gasteiger partial charge is 0.302 e. The van der Waals surface area contributed by atoms with E-state index in [1.807, 2.05) is 13.0 Å². The van der Waals surface area contributed by atoms with Crippen molar-refractivity contribution in [1.29, 1.82) is 0 Å². The Morgan fingerprint density at radius 3 is 1.96 bits per heavy atom. The third-order valence-electron chi connectivity index (χ3n) is 4.38. The van der Waals surface area contributed by atoms with Crippen LogP contribution >= 0.6 is 0 Å². The lowest BCUT2D eigenvalue weighted by Gasteiger charge is -2.12. The molecule has 0 fully saturated rings. The Morgan fingerprint density at radius 1 is 0.846 bits per heavy atom. The highest BCUT2D eigenvalue weighted by atomic mass is 16.5. The van der Waals surface area contributed by atoms with Crippen LogP contribution in [0.5, 0.6) is 11.5 Å². The van der Waals surface area contributed by atoms with E-state index in [4.69, 9.17) is 14.2 Å². The molecule has 0 aliphatic carbocycles. The monoisotopic (exact) mass is 364 g/mol. The van der Waals surface area contributed by atoms with Gasteiger partial charge in [0.15, 0.2) is 17.3 Å². The van der Waals surface area contributed by atoms with E-state index in [9.17, 15) is 9.59 Å². The summed E-state index contributed by atoms with van der Waals surface area (Å²) in [6.07, 6.45) is 7.96. The van der Waals surface area contributed by atoms with Crippen LogP contribution in [0.4, 0.5) is 0 Å². The number of carbonyl (C=O) groups is 2. The number of unbranched alkanes of at least 4 members (excludes halogenated alkanes) is 6. The second-order valence-electron chi connectivity index (χ2n) is 6.51. The van der Waals surface area contributed by atoms with Crippen molar-refractivity contribution >= 4 is 11.8 Å². The molecule has 0 saturated heterocycles. The molecule has 0 saturated carbocycles. The summed E-state index contributed by atoms with van der Waals surface area (Å²) >= 11 is 0. The molecule has 0 spiro atoms. The molecule has 0 heterocycles. The fourth-order valence-corrected chi connectivity index (χ4v) is 2.90. The number of aryl methyl sites for hydroxylation is 1. The predicted molar refractivity (Wildman–Crippen MR) is 102 cm³/mol. The Morgan fingerprint density at radius 2 is 1.38 bits per heavy atom. The van der Waals surface area contributed by atoms with E-state index in [0.29, 0.717) is 30.1 Å². The minimum absolute atomic E-state index is 0.157. The number of ketones is 1. The van der Waals surface area contributed by atoms with Crippen molar-refractivity contribution in [2.75, 3.05) is 20.8 Å². The van der Waals surface area contributed by atoms with E-state index < -0.39 is 0 Å². The summed E-state index contributed by atoms with van der Waals surface area (Å²) in [5, 5.41) is 0. The topological polar surface area (TPSA) is 61.8 Å².